The summed E-state index contributed by atoms with van der Waals surface area (Å²) >= 11 is 0. The summed E-state index contributed by atoms with van der Waals surface area (Å²) in [6, 6.07) is 0. The van der Waals surface area contributed by atoms with Gasteiger partial charge in [0, 0.05) is 44.5 Å². The molecule has 0 amide bonds. The van der Waals surface area contributed by atoms with Crippen molar-refractivity contribution in [3.8, 4) is 23.1 Å². The van der Waals surface area contributed by atoms with Crippen molar-refractivity contribution in [2.45, 2.75) is 83.1 Å². The van der Waals surface area contributed by atoms with Crippen molar-refractivity contribution in [3.05, 3.63) is 17.9 Å². The molecule has 2 unspecified atom stereocenters. The number of aryl methyl sites for hydroxylation is 1. The van der Waals surface area contributed by atoms with Crippen LogP contribution in [-0.2, 0) is 26.7 Å². The second kappa shape index (κ2) is 11.4. The Labute approximate surface area is 227 Å². The molecule has 5 rings (SSSR count). The van der Waals surface area contributed by atoms with E-state index in [4.69, 9.17) is 29.7 Å². The molecular formula is C26H37N9O4. The first-order valence-electron chi connectivity index (χ1n) is 13.6. The van der Waals surface area contributed by atoms with E-state index in [1.165, 1.54) is 0 Å². The molecule has 2 aliphatic heterocycles. The van der Waals surface area contributed by atoms with Crippen molar-refractivity contribution in [1.82, 2.24) is 39.8 Å². The van der Waals surface area contributed by atoms with Gasteiger partial charge in [-0.15, -0.1) is 10.2 Å². The Balaban J connectivity index is 1.28. The minimum atomic E-state index is -0.303. The summed E-state index contributed by atoms with van der Waals surface area (Å²) in [6.07, 6.45) is 7.02. The van der Waals surface area contributed by atoms with E-state index in [1.807, 2.05) is 27.8 Å². The van der Waals surface area contributed by atoms with Gasteiger partial charge in [0.25, 0.3) is 5.89 Å². The Morgan fingerprint density at radius 1 is 1.18 bits per heavy atom. The number of hydrogen-bond donors (Lipinski definition) is 1. The molecule has 2 N–H and O–H groups in total. The van der Waals surface area contributed by atoms with E-state index in [2.05, 4.69) is 25.1 Å². The van der Waals surface area contributed by atoms with Crippen LogP contribution in [0.2, 0.25) is 0 Å². The number of anilines is 1. The summed E-state index contributed by atoms with van der Waals surface area (Å²) in [5.74, 6) is 2.41. The van der Waals surface area contributed by atoms with Crippen LogP contribution in [0.15, 0.2) is 10.6 Å². The third-order valence-corrected chi connectivity index (χ3v) is 7.13. The summed E-state index contributed by atoms with van der Waals surface area (Å²) in [6.45, 7) is 8.23. The largest absolute Gasteiger partial charge is 0.419 e. The van der Waals surface area contributed by atoms with E-state index in [0.29, 0.717) is 36.1 Å². The molecule has 210 valence electrons. The van der Waals surface area contributed by atoms with Crippen LogP contribution in [0.25, 0.3) is 23.1 Å². The first-order chi connectivity index (χ1) is 18.7. The van der Waals surface area contributed by atoms with Gasteiger partial charge in [0.2, 0.25) is 5.89 Å². The van der Waals surface area contributed by atoms with Crippen LogP contribution >= 0.6 is 0 Å². The van der Waals surface area contributed by atoms with Gasteiger partial charge in [-0.2, -0.15) is 5.10 Å². The summed E-state index contributed by atoms with van der Waals surface area (Å²) in [5, 5.41) is 13.0. The Hall–Kier alpha value is -3.29. The lowest BCUT2D eigenvalue weighted by Crippen LogP contribution is -2.45. The van der Waals surface area contributed by atoms with E-state index in [1.54, 1.807) is 10.9 Å². The molecule has 39 heavy (non-hydrogen) atoms. The fourth-order valence-electron chi connectivity index (χ4n) is 4.90. The highest BCUT2D eigenvalue weighted by Gasteiger charge is 2.31. The fourth-order valence-corrected chi connectivity index (χ4v) is 4.90. The van der Waals surface area contributed by atoms with Crippen LogP contribution < -0.4 is 5.73 Å². The molecule has 0 aromatic carbocycles. The summed E-state index contributed by atoms with van der Waals surface area (Å²) in [7, 11) is 1.83. The third kappa shape index (κ3) is 6.15. The van der Waals surface area contributed by atoms with Gasteiger partial charge in [0.05, 0.1) is 6.20 Å². The molecule has 3 aromatic rings. The Morgan fingerprint density at radius 2 is 1.97 bits per heavy atom. The van der Waals surface area contributed by atoms with Crippen LogP contribution in [0.4, 0.5) is 5.82 Å². The molecule has 0 bridgehead atoms. The number of carbonyl (C=O) groups is 1. The van der Waals surface area contributed by atoms with Gasteiger partial charge >= 0.3 is 0 Å². The second-order valence-electron chi connectivity index (χ2n) is 11.2. The lowest BCUT2D eigenvalue weighted by molar-refractivity contribution is -0.222. The van der Waals surface area contributed by atoms with Crippen molar-refractivity contribution in [3.63, 3.8) is 0 Å². The quantitative estimate of drug-likeness (QED) is 0.417. The van der Waals surface area contributed by atoms with Crippen molar-refractivity contribution in [2.24, 2.45) is 7.05 Å². The number of piperidine rings is 1. The molecule has 13 heteroatoms. The van der Waals surface area contributed by atoms with Gasteiger partial charge < -0.3 is 24.4 Å². The summed E-state index contributed by atoms with van der Waals surface area (Å²) in [4.78, 5) is 27.4. The van der Waals surface area contributed by atoms with Crippen LogP contribution in [0, 0.1) is 0 Å². The smallest absolute Gasteiger partial charge is 0.270 e. The molecule has 5 heterocycles. The van der Waals surface area contributed by atoms with E-state index < -0.39 is 0 Å². The SMILES string of the molecule is Cn1nc(C2CCN(C(CC=O)OC3CCCCO3)CC2)nc1-c1cnc(N)c(-c2nnc(C(C)(C)C)o2)n1. The Morgan fingerprint density at radius 3 is 2.64 bits per heavy atom. The van der Waals surface area contributed by atoms with Crippen molar-refractivity contribution in [2.75, 3.05) is 25.4 Å². The lowest BCUT2D eigenvalue weighted by Gasteiger charge is -2.38. The highest BCUT2D eigenvalue weighted by atomic mass is 16.7. The molecule has 2 fully saturated rings. The fraction of sp³-hybridized carbons (Fsp3) is 0.654. The van der Waals surface area contributed by atoms with Gasteiger partial charge in [-0.05, 0) is 32.1 Å². The van der Waals surface area contributed by atoms with Gasteiger partial charge in [-0.25, -0.2) is 19.6 Å². The molecule has 2 saturated heterocycles. The zero-order valence-corrected chi connectivity index (χ0v) is 23.0. The molecule has 13 nitrogen and oxygen atoms in total. The number of nitrogens with two attached hydrogens (primary N) is 1. The molecule has 3 aromatic heterocycles. The zero-order chi connectivity index (χ0) is 27.6. The van der Waals surface area contributed by atoms with E-state index in [9.17, 15) is 4.79 Å². The highest BCUT2D eigenvalue weighted by molar-refractivity contribution is 5.65. The summed E-state index contributed by atoms with van der Waals surface area (Å²) in [5.41, 5.74) is 6.63. The zero-order valence-electron chi connectivity index (χ0n) is 23.0. The molecule has 2 aliphatic rings. The Kier molecular flexibility index (Phi) is 8.01. The number of hydrogen-bond acceptors (Lipinski definition) is 12. The number of carbonyl (C=O) groups excluding carboxylic acids is 1. The number of nitrogens with zero attached hydrogens (tertiary/aromatic N) is 8. The summed E-state index contributed by atoms with van der Waals surface area (Å²) < 4.78 is 19.4. The molecule has 0 radical (unpaired) electrons. The molecule has 0 aliphatic carbocycles. The van der Waals surface area contributed by atoms with Crippen LogP contribution in [-0.4, -0.2) is 78.3 Å². The van der Waals surface area contributed by atoms with Crippen LogP contribution in [0.3, 0.4) is 0 Å². The maximum atomic E-state index is 11.3. The van der Waals surface area contributed by atoms with Crippen molar-refractivity contribution < 1.29 is 18.7 Å². The number of aldehydes is 1. The predicted molar refractivity (Wildman–Crippen MR) is 141 cm³/mol. The van der Waals surface area contributed by atoms with Gasteiger partial charge in [-0.3, -0.25) is 4.90 Å². The van der Waals surface area contributed by atoms with E-state index >= 15 is 0 Å². The first-order valence-corrected chi connectivity index (χ1v) is 13.6. The highest BCUT2D eigenvalue weighted by Crippen LogP contribution is 2.31. The number of ether oxygens (including phenoxy) is 2. The number of likely N-dealkylation sites (tertiary alicyclic amines) is 1. The number of rotatable bonds is 8. The molecular weight excluding hydrogens is 502 g/mol. The topological polar surface area (TPSA) is 160 Å². The van der Waals surface area contributed by atoms with Crippen molar-refractivity contribution >= 4 is 12.1 Å². The van der Waals surface area contributed by atoms with Crippen LogP contribution in [0.1, 0.15) is 76.9 Å². The lowest BCUT2D eigenvalue weighted by atomic mass is 9.96. The van der Waals surface area contributed by atoms with E-state index in [0.717, 1.165) is 57.3 Å². The average Bonchev–Trinajstić information content (AvgIpc) is 3.57. The van der Waals surface area contributed by atoms with Gasteiger partial charge in [-0.1, -0.05) is 20.8 Å². The maximum absolute atomic E-state index is 11.3. The first kappa shape index (κ1) is 27.3. The minimum absolute atomic E-state index is 0.176. The third-order valence-electron chi connectivity index (χ3n) is 7.13. The Bertz CT molecular complexity index is 1270. The van der Waals surface area contributed by atoms with Gasteiger partial charge in [0.1, 0.15) is 18.2 Å². The van der Waals surface area contributed by atoms with Crippen LogP contribution in [0.5, 0.6) is 0 Å². The second-order valence-corrected chi connectivity index (χ2v) is 11.2. The monoisotopic (exact) mass is 539 g/mol. The molecule has 0 spiro atoms. The minimum Gasteiger partial charge on any atom is -0.419 e. The molecule has 0 saturated carbocycles. The van der Waals surface area contributed by atoms with E-state index in [-0.39, 0.29) is 35.6 Å². The number of nitrogen functional groups attached to an aromatic ring is 1. The average molecular weight is 540 g/mol. The number of aromatic nitrogens is 7. The molecule has 2 atom stereocenters. The van der Waals surface area contributed by atoms with Gasteiger partial charge in [0.15, 0.2) is 29.5 Å². The van der Waals surface area contributed by atoms with Crippen molar-refractivity contribution in [1.29, 1.82) is 0 Å². The maximum Gasteiger partial charge on any atom is 0.270 e. The predicted octanol–water partition coefficient (Wildman–Crippen LogP) is 2.84. The normalized spacial score (nSPS) is 20.3. The standard InChI is InChI=1S/C26H37N9O4/c1-26(2,3)25-32-31-24(39-25)20-21(27)28-15-17(29-20)23-30-22(33-34(23)4)16-8-11-35(12-9-16)18(10-13-36)38-19-7-5-6-14-37-19/h13,15-16,18-19H,5-12,14H2,1-4H3,(H2,27,28).